The number of anilines is 4. The van der Waals surface area contributed by atoms with Crippen molar-refractivity contribution in [2.45, 2.75) is 48.0 Å². The van der Waals surface area contributed by atoms with Crippen LogP contribution in [0.1, 0.15) is 66.8 Å². The Bertz CT molecular complexity index is 4160. The molecule has 14 rings (SSSR count). The standard InChI is InChI=1S/2C23H25N4.C15H8N2.C14H6N3.BH2.ClH.2Pt/c2*1-17-10-18(2)23(19(3)11-17)20-12-21(26-8-6-24(4)15-26)14-22(13-20)27-9-7-25(5)16-27;16-8-10-1-3-12-7-13-4-2-11(9-17)6-15(13)14(12)5-10;15-7-9-1-3-13-11(5-9)12-6-10(8-16)2-4-14(12)17-13;;;;/h2*6-13,15-16H,1-5H3;1-6H,7H2;1-6H;1H2;1H;;/q2*-3;;-1;;;+1;+4/p-1/i;;;;1D2;;;. The number of benzene rings is 8. The molecule has 0 saturated carbocycles. The molecule has 0 bridgehead atoms. The van der Waals surface area contributed by atoms with Crippen molar-refractivity contribution in [2.75, 3.05) is 47.8 Å². The molecule has 0 saturated heterocycles. The number of halogens is 1. The molecule has 0 spiro atoms. The third-order valence-electron chi connectivity index (χ3n) is 15.7. The van der Waals surface area contributed by atoms with Crippen molar-refractivity contribution in [1.82, 2.24) is 24.6 Å². The van der Waals surface area contributed by atoms with Gasteiger partial charge < -0.3 is 44.2 Å². The van der Waals surface area contributed by atoms with E-state index in [-0.39, 0.29) is 21.1 Å². The average Bonchev–Trinajstić information content (AvgIpc) is 1.52. The zero-order chi connectivity index (χ0) is 66.6. The quantitative estimate of drug-likeness (QED) is 0.116. The fraction of sp³-hybridized carbons (Fsp3) is 0.147. The van der Waals surface area contributed by atoms with Gasteiger partial charge in [0.15, 0.2) is 0 Å². The topological polar surface area (TPSA) is 135 Å². The first kappa shape index (κ1) is 65.6. The second-order valence-electron chi connectivity index (χ2n) is 22.7. The van der Waals surface area contributed by atoms with E-state index >= 15 is 0 Å². The maximum Gasteiger partial charge on any atom is 4.00 e. The normalized spacial score (nSPS) is 13.7. The molecule has 8 aromatic carbocycles. The van der Waals surface area contributed by atoms with Gasteiger partial charge in [-0.25, -0.2) is 0 Å². The number of aromatic nitrogens is 1. The Labute approximate surface area is 576 Å². The first-order valence-electron chi connectivity index (χ1n) is 30.0. The summed E-state index contributed by atoms with van der Waals surface area (Å²) >= 11 is 1.61. The van der Waals surface area contributed by atoms with Crippen LogP contribution in [0.4, 0.5) is 22.7 Å². The van der Waals surface area contributed by atoms with Gasteiger partial charge in [0, 0.05) is 0 Å². The number of nitrogens with zero attached hydrogens (tertiary/aromatic N) is 13. The van der Waals surface area contributed by atoms with E-state index in [1.54, 1.807) is 30.9 Å². The molecule has 0 amide bonds. The maximum absolute atomic E-state index is 8.92. The summed E-state index contributed by atoms with van der Waals surface area (Å²) in [4.78, 5) is 21.0. The predicted molar refractivity (Wildman–Crippen MR) is 367 cm³/mol. The summed E-state index contributed by atoms with van der Waals surface area (Å²) < 4.78 is 11.5. The number of aryl methyl sites for hydroxylation is 6. The molecule has 9 aromatic rings. The molecule has 13 nitrogen and oxygen atoms in total. The Hall–Kier alpha value is -9.39. The molecule has 0 N–H and O–H groups in total. The largest absolute Gasteiger partial charge is 4.00 e. The van der Waals surface area contributed by atoms with Crippen LogP contribution in [0, 0.1) is 126 Å². The van der Waals surface area contributed by atoms with Gasteiger partial charge in [0.1, 0.15) is 0 Å². The van der Waals surface area contributed by atoms with Gasteiger partial charge in [0.25, 0.3) is 0 Å². The van der Waals surface area contributed by atoms with E-state index in [0.29, 0.717) is 30.6 Å². The minimum Gasteiger partial charge on any atom is 4.00 e. The fourth-order valence-corrected chi connectivity index (χ4v) is 11.8. The van der Waals surface area contributed by atoms with Gasteiger partial charge in [-0.3, -0.25) is 0 Å². The Balaban J connectivity index is 0.000000160. The molecule has 17 heteroatoms. The third kappa shape index (κ3) is 15.3. The van der Waals surface area contributed by atoms with Crippen LogP contribution in [0.15, 0.2) is 171 Å². The first-order valence-corrected chi connectivity index (χ1v) is 31.7. The van der Waals surface area contributed by atoms with Gasteiger partial charge >= 0.3 is 49.3 Å². The van der Waals surface area contributed by atoms with Gasteiger partial charge in [-0.15, -0.1) is 81.3 Å². The van der Waals surface area contributed by atoms with Crippen LogP contribution in [-0.4, -0.2) is 58.8 Å². The van der Waals surface area contributed by atoms with Crippen LogP contribution in [0.2, 0.25) is 0 Å². The predicted octanol–water partition coefficient (Wildman–Crippen LogP) is 15.0. The van der Waals surface area contributed by atoms with Crippen molar-refractivity contribution in [1.29, 1.82) is 23.7 Å². The van der Waals surface area contributed by atoms with Gasteiger partial charge in [0.05, 0.1) is 54.9 Å². The van der Waals surface area contributed by atoms with Crippen LogP contribution >= 0.6 is 9.42 Å². The monoisotopic (exact) mass is 1590 g/mol. The molecular formula is C75H66BClN13Pt2-3. The average molecular weight is 1590 g/mol. The molecule has 1 radical (unpaired) electrons. The summed E-state index contributed by atoms with van der Waals surface area (Å²) in [5, 5.41) is 37.5. The number of nitriles is 4. The van der Waals surface area contributed by atoms with E-state index in [4.69, 9.17) is 23.7 Å². The molecule has 464 valence electrons. The second kappa shape index (κ2) is 30.2. The number of fused-ring (bicyclic) bond motifs is 6. The molecule has 5 heterocycles. The van der Waals surface area contributed by atoms with E-state index in [0.717, 1.165) is 62.1 Å². The molecule has 4 aliphatic heterocycles. The van der Waals surface area contributed by atoms with Crippen LogP contribution in [0.25, 0.3) is 55.2 Å². The van der Waals surface area contributed by atoms with Crippen molar-refractivity contribution < 1.29 is 39.8 Å². The zero-order valence-corrected chi connectivity index (χ0v) is 57.9. The summed E-state index contributed by atoms with van der Waals surface area (Å²) in [5.74, 6) is 0. The minimum absolute atomic E-state index is 0. The summed E-state index contributed by atoms with van der Waals surface area (Å²) in [6, 6.07) is 55.8. The number of hydrogen-bond acceptors (Lipinski definition) is 12. The Kier molecular flexibility index (Phi) is 21.5. The third-order valence-corrected chi connectivity index (χ3v) is 15.7. The summed E-state index contributed by atoms with van der Waals surface area (Å²) in [6.45, 7) is 21.3. The Morgan fingerprint density at radius 3 is 1.00 bits per heavy atom. The number of rotatable bonds is 6. The van der Waals surface area contributed by atoms with E-state index in [1.807, 2.05) is 133 Å². The van der Waals surface area contributed by atoms with E-state index in [2.05, 4.69) is 212 Å². The number of hydrogen-bond donors (Lipinski definition) is 0. The maximum atomic E-state index is 8.92. The second-order valence-corrected chi connectivity index (χ2v) is 22.7. The molecule has 1 aromatic heterocycles. The zero-order valence-electron chi connectivity index (χ0n) is 54.6. The SMILES string of the molecule is Cc1cc(C)c(-c2cc(N3C=CN(C)[CH-]3)[c-]c(N3C=CN(C)[CH-]3)c2)c(C)c1.Cc1cc(C)c(-c2cc(N3C=CN(C)[CH-]3)[c-]c(N3C=CN(C)[CH-]3)c2)c(C)c1.N#Cc1ccc2[n-]c3ccc(C#N)cc3c2c1.N#Cc1ccc2c(c1)-c1cc(C#N)ccc1C2.[2H][B][2H].[Cl][Pt].[Pt+4]. The molecule has 1 aliphatic carbocycles. The molecule has 0 atom stereocenters. The molecular weight excluding hydrogens is 1520 g/mol. The van der Waals surface area contributed by atoms with Crippen molar-refractivity contribution in [3.63, 3.8) is 0 Å². The van der Waals surface area contributed by atoms with Crippen LogP contribution < -0.4 is 24.6 Å². The minimum atomic E-state index is 0. The molecule has 0 fully saturated rings. The molecule has 92 heavy (non-hydrogen) atoms. The summed E-state index contributed by atoms with van der Waals surface area (Å²) in [6.07, 6.45) is 17.3. The van der Waals surface area contributed by atoms with Crippen molar-refractivity contribution in [3.8, 4) is 57.7 Å². The van der Waals surface area contributed by atoms with Gasteiger partial charge in [-0.2, -0.15) is 47.7 Å². The Morgan fingerprint density at radius 2 is 0.728 bits per heavy atom. The van der Waals surface area contributed by atoms with Gasteiger partial charge in [0.2, 0.25) is 0 Å². The van der Waals surface area contributed by atoms with E-state index in [1.165, 1.54) is 66.8 Å². The molecule has 0 unspecified atom stereocenters. The fourth-order valence-electron chi connectivity index (χ4n) is 11.8. The smallest absolute Gasteiger partial charge is 4.00 e. The first-order chi connectivity index (χ1) is 44.8. The van der Waals surface area contributed by atoms with Crippen LogP contribution in [0.3, 0.4) is 0 Å². The van der Waals surface area contributed by atoms with Gasteiger partial charge in [-0.1, -0.05) is 59.7 Å². The Morgan fingerprint density at radius 1 is 0.446 bits per heavy atom. The molecule has 5 aliphatic rings. The van der Waals surface area contributed by atoms with Crippen molar-refractivity contribution >= 4 is 62.3 Å². The van der Waals surface area contributed by atoms with Crippen LogP contribution in [-0.2, 0) is 46.3 Å². The van der Waals surface area contributed by atoms with Crippen molar-refractivity contribution in [2.24, 2.45) is 0 Å². The van der Waals surface area contributed by atoms with Crippen molar-refractivity contribution in [3.05, 3.63) is 276 Å². The van der Waals surface area contributed by atoms with Gasteiger partial charge in [-0.05, 0) is 243 Å². The van der Waals surface area contributed by atoms with Crippen LogP contribution in [0.5, 0.6) is 0 Å². The summed E-state index contributed by atoms with van der Waals surface area (Å²) in [5.41, 5.74) is 25.8. The van der Waals surface area contributed by atoms with E-state index < -0.39 is 0 Å². The summed E-state index contributed by atoms with van der Waals surface area (Å²) in [7, 11) is 13.2. The van der Waals surface area contributed by atoms with E-state index in [9.17, 15) is 0 Å².